The van der Waals surface area contributed by atoms with Crippen LogP contribution in [0.1, 0.15) is 40.4 Å². The number of nitriles is 1. The average Bonchev–Trinajstić information content (AvgIpc) is 3.00. The molecule has 2 unspecified atom stereocenters. The number of methoxy groups -OCH3 is 2. The summed E-state index contributed by atoms with van der Waals surface area (Å²) < 4.78 is 10.2. The van der Waals surface area contributed by atoms with Gasteiger partial charge in [0, 0.05) is 0 Å². The number of rotatable bonds is 7. The predicted molar refractivity (Wildman–Crippen MR) is 148 cm³/mol. The number of nitrogens with one attached hydrogen (secondary N) is 1. The van der Waals surface area contributed by atoms with Crippen LogP contribution >= 0.6 is 0 Å². The summed E-state index contributed by atoms with van der Waals surface area (Å²) in [5.41, 5.74) is 8.00. The molecular formula is C31H28N4O5. The number of allylic oxidation sites excluding steroid dienone is 1. The Hall–Kier alpha value is -5.36. The molecule has 1 aliphatic rings. The quantitative estimate of drug-likeness (QED) is 0.432. The molecular weight excluding hydrogens is 508 g/mol. The van der Waals surface area contributed by atoms with Crippen LogP contribution in [0.3, 0.4) is 0 Å². The molecule has 0 spiro atoms. The second kappa shape index (κ2) is 12.0. The number of hydrogen-bond donors (Lipinski definition) is 2. The Morgan fingerprint density at radius 2 is 1.48 bits per heavy atom. The van der Waals surface area contributed by atoms with Gasteiger partial charge in [0.25, 0.3) is 5.91 Å². The van der Waals surface area contributed by atoms with Crippen molar-refractivity contribution in [3.63, 3.8) is 0 Å². The Labute approximate surface area is 232 Å². The molecule has 1 heterocycles. The summed E-state index contributed by atoms with van der Waals surface area (Å²) in [6.07, 6.45) is 0. The first-order chi connectivity index (χ1) is 19.3. The van der Waals surface area contributed by atoms with E-state index in [0.29, 0.717) is 5.56 Å². The zero-order valence-corrected chi connectivity index (χ0v) is 22.3. The molecule has 0 saturated carbocycles. The Balaban J connectivity index is 1.93. The molecule has 0 bridgehead atoms. The third kappa shape index (κ3) is 5.15. The second-order valence-electron chi connectivity index (χ2n) is 8.96. The van der Waals surface area contributed by atoms with Crippen LogP contribution in [0.25, 0.3) is 0 Å². The lowest BCUT2D eigenvalue weighted by atomic mass is 9.80. The van der Waals surface area contributed by atoms with Crippen LogP contribution < -0.4 is 16.0 Å². The highest BCUT2D eigenvalue weighted by atomic mass is 16.5. The van der Waals surface area contributed by atoms with Crippen molar-refractivity contribution >= 4 is 23.5 Å². The van der Waals surface area contributed by atoms with Crippen molar-refractivity contribution in [3.05, 3.63) is 124 Å². The Morgan fingerprint density at radius 3 is 2.08 bits per heavy atom. The minimum Gasteiger partial charge on any atom is -0.466 e. The van der Waals surface area contributed by atoms with Crippen LogP contribution in [-0.4, -0.2) is 32.1 Å². The molecule has 3 N–H and O–H groups in total. The van der Waals surface area contributed by atoms with Gasteiger partial charge in [-0.1, -0.05) is 72.8 Å². The fourth-order valence-corrected chi connectivity index (χ4v) is 4.72. The van der Waals surface area contributed by atoms with E-state index in [1.807, 2.05) is 37.3 Å². The second-order valence-corrected chi connectivity index (χ2v) is 8.96. The molecule has 0 aliphatic carbocycles. The number of carbonyl (C=O) groups is 3. The lowest BCUT2D eigenvalue weighted by molar-refractivity contribution is -0.139. The van der Waals surface area contributed by atoms with Crippen molar-refractivity contribution in [2.24, 2.45) is 5.73 Å². The SMILES string of the molecule is COC(=O)C1=C(C(=O)OC)N(c2ccccc2C(=O)NC(C)c2ccccc2)C(N)=C(C#N)C1c1ccccc1. The van der Waals surface area contributed by atoms with E-state index in [4.69, 9.17) is 15.2 Å². The number of carbonyl (C=O) groups excluding carboxylic acids is 3. The topological polar surface area (TPSA) is 135 Å². The number of ether oxygens (including phenoxy) is 2. The molecule has 9 nitrogen and oxygen atoms in total. The van der Waals surface area contributed by atoms with Gasteiger partial charge in [-0.2, -0.15) is 5.26 Å². The lowest BCUT2D eigenvalue weighted by Gasteiger charge is -2.36. The van der Waals surface area contributed by atoms with E-state index < -0.39 is 23.8 Å². The molecule has 1 aliphatic heterocycles. The molecule has 0 aromatic heterocycles. The number of amides is 1. The van der Waals surface area contributed by atoms with Crippen molar-refractivity contribution in [2.45, 2.75) is 18.9 Å². The van der Waals surface area contributed by atoms with Gasteiger partial charge in [0.05, 0.1) is 54.6 Å². The maximum absolute atomic E-state index is 13.6. The summed E-state index contributed by atoms with van der Waals surface area (Å²) in [6.45, 7) is 1.85. The number of hydrogen-bond acceptors (Lipinski definition) is 8. The predicted octanol–water partition coefficient (Wildman–Crippen LogP) is 4.08. The zero-order chi connectivity index (χ0) is 28.8. The highest BCUT2D eigenvalue weighted by molar-refractivity contribution is 6.08. The van der Waals surface area contributed by atoms with Gasteiger partial charge >= 0.3 is 11.9 Å². The third-order valence-corrected chi connectivity index (χ3v) is 6.65. The van der Waals surface area contributed by atoms with E-state index in [9.17, 15) is 19.6 Å². The summed E-state index contributed by atoms with van der Waals surface area (Å²) in [6, 6.07) is 26.4. The van der Waals surface area contributed by atoms with Crippen LogP contribution in [-0.2, 0) is 19.1 Å². The van der Waals surface area contributed by atoms with Gasteiger partial charge < -0.3 is 20.5 Å². The molecule has 202 valence electrons. The lowest BCUT2D eigenvalue weighted by Crippen LogP contribution is -2.41. The van der Waals surface area contributed by atoms with Crippen molar-refractivity contribution in [1.29, 1.82) is 5.26 Å². The van der Waals surface area contributed by atoms with Crippen molar-refractivity contribution in [3.8, 4) is 6.07 Å². The molecule has 0 saturated heterocycles. The Morgan fingerprint density at radius 1 is 0.900 bits per heavy atom. The Kier molecular flexibility index (Phi) is 8.30. The van der Waals surface area contributed by atoms with Crippen molar-refractivity contribution in [2.75, 3.05) is 19.1 Å². The van der Waals surface area contributed by atoms with Crippen molar-refractivity contribution < 1.29 is 23.9 Å². The monoisotopic (exact) mass is 536 g/mol. The molecule has 40 heavy (non-hydrogen) atoms. The van der Waals surface area contributed by atoms with Crippen LogP contribution in [0.4, 0.5) is 5.69 Å². The molecule has 9 heteroatoms. The fourth-order valence-electron chi connectivity index (χ4n) is 4.72. The smallest absolute Gasteiger partial charge is 0.355 e. The number of esters is 2. The van der Waals surface area contributed by atoms with Gasteiger partial charge in [-0.25, -0.2) is 9.59 Å². The third-order valence-electron chi connectivity index (χ3n) is 6.65. The molecule has 3 aromatic carbocycles. The molecule has 4 rings (SSSR count). The standard InChI is InChI=1S/C31H28N4O5/c1-19(20-12-6-4-7-13-20)34-29(36)22-16-10-11-17-24(22)35-27(31(38)40-3)26(30(37)39-2)25(23(18-32)28(35)33)21-14-8-5-9-15-21/h4-17,19,25H,33H2,1-3H3,(H,34,36). The highest BCUT2D eigenvalue weighted by Gasteiger charge is 2.43. The first kappa shape index (κ1) is 27.7. The van der Waals surface area contributed by atoms with Gasteiger partial charge in [0.1, 0.15) is 11.5 Å². The van der Waals surface area contributed by atoms with E-state index >= 15 is 0 Å². The van der Waals surface area contributed by atoms with Gasteiger partial charge in [-0.15, -0.1) is 0 Å². The Bertz CT molecular complexity index is 1540. The number of anilines is 1. The minimum absolute atomic E-state index is 0.00659. The number of nitrogens with two attached hydrogens (primary N) is 1. The summed E-state index contributed by atoms with van der Waals surface area (Å²) in [4.78, 5) is 41.4. The molecule has 0 fully saturated rings. The van der Waals surface area contributed by atoms with Crippen molar-refractivity contribution in [1.82, 2.24) is 5.32 Å². The molecule has 0 radical (unpaired) electrons. The van der Waals surface area contributed by atoms with Gasteiger partial charge in [0.2, 0.25) is 0 Å². The molecule has 2 atom stereocenters. The van der Waals surface area contributed by atoms with E-state index in [-0.39, 0.29) is 40.0 Å². The molecule has 1 amide bonds. The minimum atomic E-state index is -1.01. The summed E-state index contributed by atoms with van der Waals surface area (Å²) in [5.74, 6) is -3.33. The van der Waals surface area contributed by atoms with Gasteiger partial charge in [-0.05, 0) is 30.2 Å². The number of benzene rings is 3. The molecule has 3 aromatic rings. The van der Waals surface area contributed by atoms with E-state index in [1.165, 1.54) is 19.1 Å². The zero-order valence-electron chi connectivity index (χ0n) is 22.3. The fraction of sp³-hybridized carbons (Fsp3) is 0.161. The van der Waals surface area contributed by atoms with Crippen LogP contribution in [0.15, 0.2) is 108 Å². The van der Waals surface area contributed by atoms with E-state index in [0.717, 1.165) is 5.56 Å². The van der Waals surface area contributed by atoms with Gasteiger partial charge in [0.15, 0.2) is 0 Å². The largest absolute Gasteiger partial charge is 0.466 e. The maximum Gasteiger partial charge on any atom is 0.355 e. The first-order valence-electron chi connectivity index (χ1n) is 12.4. The van der Waals surface area contributed by atoms with Gasteiger partial charge in [-0.3, -0.25) is 9.69 Å². The summed E-state index contributed by atoms with van der Waals surface area (Å²) in [5, 5.41) is 13.2. The number of nitrogens with zero attached hydrogens (tertiary/aromatic N) is 2. The van der Waals surface area contributed by atoms with E-state index in [1.54, 1.807) is 54.6 Å². The summed E-state index contributed by atoms with van der Waals surface area (Å²) >= 11 is 0. The average molecular weight is 537 g/mol. The normalized spacial score (nSPS) is 15.7. The summed E-state index contributed by atoms with van der Waals surface area (Å²) in [7, 11) is 2.34. The van der Waals surface area contributed by atoms with Crippen LogP contribution in [0.5, 0.6) is 0 Å². The van der Waals surface area contributed by atoms with Crippen LogP contribution in [0.2, 0.25) is 0 Å². The van der Waals surface area contributed by atoms with Crippen LogP contribution in [0, 0.1) is 11.3 Å². The van der Waals surface area contributed by atoms with E-state index in [2.05, 4.69) is 11.4 Å². The highest BCUT2D eigenvalue weighted by Crippen LogP contribution is 2.43. The number of para-hydroxylation sites is 1. The maximum atomic E-state index is 13.6. The first-order valence-corrected chi connectivity index (χ1v) is 12.4.